The number of anilines is 2. The van der Waals surface area contributed by atoms with Gasteiger partial charge in [0.25, 0.3) is 0 Å². The van der Waals surface area contributed by atoms with Gasteiger partial charge >= 0.3 is 0 Å². The predicted octanol–water partition coefficient (Wildman–Crippen LogP) is 11.4. The molecule has 3 atom stereocenters. The van der Waals surface area contributed by atoms with Gasteiger partial charge in [-0.25, -0.2) is 0 Å². The average molecular weight is 607 g/mol. The van der Waals surface area contributed by atoms with Crippen LogP contribution in [0, 0.1) is 5.92 Å². The molecule has 3 unspecified atom stereocenters. The fourth-order valence-electron chi connectivity index (χ4n) is 8.68. The molecule has 2 heterocycles. The third kappa shape index (κ3) is 3.80. The molecule has 2 aliphatic heterocycles. The van der Waals surface area contributed by atoms with Crippen LogP contribution in [0.5, 0.6) is 11.5 Å². The SMILES string of the molecule is CC1(C)c2cc(-c3ccc4c5c(cccc35)-c3ccccc3O4)ccc2C2C=CC(N3c4ccccc4NC3c3ccccc3)=CC21. The van der Waals surface area contributed by atoms with Gasteiger partial charge in [-0.05, 0) is 80.4 Å². The summed E-state index contributed by atoms with van der Waals surface area (Å²) in [5, 5.41) is 6.23. The first kappa shape index (κ1) is 26.7. The summed E-state index contributed by atoms with van der Waals surface area (Å²) in [6.07, 6.45) is 7.39. The first-order chi connectivity index (χ1) is 23.1. The number of nitrogens with one attached hydrogen (secondary N) is 1. The molecule has 0 bridgehead atoms. The third-order valence-electron chi connectivity index (χ3n) is 11.0. The molecule has 0 saturated heterocycles. The molecule has 4 aliphatic rings. The first-order valence-electron chi connectivity index (χ1n) is 16.6. The van der Waals surface area contributed by atoms with E-state index >= 15 is 0 Å². The van der Waals surface area contributed by atoms with Gasteiger partial charge in [0.05, 0.1) is 11.4 Å². The standard InChI is InChI=1S/C44H34N2O/c1-44(2)36-25-28(30-23-24-41-42-34(30)14-10-15-35(42)33-13-6-9-18-40(33)47-41)19-21-31(36)32-22-20-29(26-37(32)44)46-39-17-8-7-16-38(39)45-43(46)27-11-4-3-5-12-27/h3-26,32,37,43,45H,1-2H3. The summed E-state index contributed by atoms with van der Waals surface area (Å²) in [4.78, 5) is 2.48. The van der Waals surface area contributed by atoms with E-state index in [1.54, 1.807) is 0 Å². The Morgan fingerprint density at radius 3 is 2.43 bits per heavy atom. The summed E-state index contributed by atoms with van der Waals surface area (Å²) in [5.41, 5.74) is 12.6. The Hall–Kier alpha value is -5.54. The van der Waals surface area contributed by atoms with E-state index in [9.17, 15) is 0 Å². The van der Waals surface area contributed by atoms with E-state index in [0.717, 1.165) is 17.1 Å². The molecule has 6 aromatic carbocycles. The number of hydrogen-bond acceptors (Lipinski definition) is 3. The van der Waals surface area contributed by atoms with Crippen LogP contribution < -0.4 is 15.0 Å². The number of fused-ring (bicyclic) bond motifs is 6. The highest BCUT2D eigenvalue weighted by molar-refractivity contribution is 6.09. The van der Waals surface area contributed by atoms with E-state index in [1.807, 2.05) is 6.07 Å². The Labute approximate surface area is 275 Å². The number of rotatable bonds is 3. The molecule has 3 heteroatoms. The van der Waals surface area contributed by atoms with Gasteiger partial charge in [-0.2, -0.15) is 0 Å². The van der Waals surface area contributed by atoms with Crippen molar-refractivity contribution in [3.8, 4) is 33.8 Å². The zero-order valence-corrected chi connectivity index (χ0v) is 26.4. The molecule has 6 aromatic rings. The van der Waals surface area contributed by atoms with Gasteiger partial charge in [0.1, 0.15) is 17.7 Å². The molecule has 0 radical (unpaired) electrons. The van der Waals surface area contributed by atoms with Crippen LogP contribution in [0.2, 0.25) is 0 Å². The minimum absolute atomic E-state index is 0.0449. The van der Waals surface area contributed by atoms with Crippen molar-refractivity contribution in [1.82, 2.24) is 0 Å². The molecule has 1 N–H and O–H groups in total. The number of allylic oxidation sites excluding steroid dienone is 3. The normalized spacial score (nSPS) is 20.9. The van der Waals surface area contributed by atoms with Crippen LogP contribution in [0.25, 0.3) is 33.0 Å². The molecular weight excluding hydrogens is 572 g/mol. The minimum atomic E-state index is -0.0463. The van der Waals surface area contributed by atoms with Crippen LogP contribution in [0.4, 0.5) is 11.4 Å². The summed E-state index contributed by atoms with van der Waals surface area (Å²) in [6.45, 7) is 4.86. The van der Waals surface area contributed by atoms with Crippen molar-refractivity contribution in [2.45, 2.75) is 31.3 Å². The van der Waals surface area contributed by atoms with Crippen LogP contribution >= 0.6 is 0 Å². The van der Waals surface area contributed by atoms with Crippen LogP contribution in [0.1, 0.15) is 42.6 Å². The van der Waals surface area contributed by atoms with Gasteiger partial charge in [0.15, 0.2) is 0 Å². The predicted molar refractivity (Wildman–Crippen MR) is 193 cm³/mol. The molecule has 0 saturated carbocycles. The quantitative estimate of drug-likeness (QED) is 0.217. The van der Waals surface area contributed by atoms with Crippen molar-refractivity contribution in [2.75, 3.05) is 10.2 Å². The molecular formula is C44H34N2O. The molecule has 10 rings (SSSR count). The molecule has 0 aromatic heterocycles. The molecule has 0 fully saturated rings. The van der Waals surface area contributed by atoms with Crippen LogP contribution in [-0.2, 0) is 5.41 Å². The van der Waals surface area contributed by atoms with Gasteiger partial charge in [-0.3, -0.25) is 0 Å². The first-order valence-corrected chi connectivity index (χ1v) is 16.6. The zero-order chi connectivity index (χ0) is 31.3. The maximum atomic E-state index is 6.40. The van der Waals surface area contributed by atoms with Crippen LogP contribution in [0.15, 0.2) is 151 Å². The Bertz CT molecular complexity index is 2310. The van der Waals surface area contributed by atoms with Crippen molar-refractivity contribution in [3.05, 3.63) is 168 Å². The third-order valence-corrected chi connectivity index (χ3v) is 11.0. The monoisotopic (exact) mass is 606 g/mol. The van der Waals surface area contributed by atoms with E-state index in [0.29, 0.717) is 11.8 Å². The van der Waals surface area contributed by atoms with Gasteiger partial charge in [0, 0.05) is 22.6 Å². The zero-order valence-electron chi connectivity index (χ0n) is 26.4. The lowest BCUT2D eigenvalue weighted by Gasteiger charge is -2.35. The lowest BCUT2D eigenvalue weighted by molar-refractivity contribution is 0.391. The lowest BCUT2D eigenvalue weighted by Crippen LogP contribution is -2.31. The summed E-state index contributed by atoms with van der Waals surface area (Å²) in [5.74, 6) is 2.55. The summed E-state index contributed by atoms with van der Waals surface area (Å²) < 4.78 is 6.40. The Balaban J connectivity index is 1.06. The van der Waals surface area contributed by atoms with Crippen molar-refractivity contribution in [3.63, 3.8) is 0 Å². The van der Waals surface area contributed by atoms with E-state index < -0.39 is 0 Å². The molecule has 47 heavy (non-hydrogen) atoms. The topological polar surface area (TPSA) is 24.5 Å². The van der Waals surface area contributed by atoms with E-state index in [-0.39, 0.29) is 11.6 Å². The maximum absolute atomic E-state index is 6.40. The number of benzene rings is 6. The van der Waals surface area contributed by atoms with E-state index in [4.69, 9.17) is 4.74 Å². The fourth-order valence-corrected chi connectivity index (χ4v) is 8.68. The molecule has 0 amide bonds. The summed E-state index contributed by atoms with van der Waals surface area (Å²) >= 11 is 0. The smallest absolute Gasteiger partial charge is 0.135 e. The van der Waals surface area contributed by atoms with Gasteiger partial charge in [-0.15, -0.1) is 0 Å². The minimum Gasteiger partial charge on any atom is -0.456 e. The molecule has 2 aliphatic carbocycles. The van der Waals surface area contributed by atoms with Crippen LogP contribution in [-0.4, -0.2) is 0 Å². The number of hydrogen-bond donors (Lipinski definition) is 1. The molecule has 0 spiro atoms. The number of para-hydroxylation sites is 3. The van der Waals surface area contributed by atoms with E-state index in [2.05, 4.69) is 164 Å². The summed E-state index contributed by atoms with van der Waals surface area (Å²) in [7, 11) is 0. The van der Waals surface area contributed by atoms with Gasteiger partial charge in [-0.1, -0.05) is 129 Å². The second-order valence-electron chi connectivity index (χ2n) is 13.8. The summed E-state index contributed by atoms with van der Waals surface area (Å²) in [6, 6.07) is 46.0. The highest BCUT2D eigenvalue weighted by Gasteiger charge is 2.46. The maximum Gasteiger partial charge on any atom is 0.135 e. The second kappa shape index (κ2) is 9.73. The Morgan fingerprint density at radius 1 is 0.702 bits per heavy atom. The average Bonchev–Trinajstić information content (AvgIpc) is 3.61. The highest BCUT2D eigenvalue weighted by Crippen LogP contribution is 2.56. The second-order valence-corrected chi connectivity index (χ2v) is 13.8. The van der Waals surface area contributed by atoms with Gasteiger partial charge in [0.2, 0.25) is 0 Å². The largest absolute Gasteiger partial charge is 0.456 e. The van der Waals surface area contributed by atoms with Gasteiger partial charge < -0.3 is 15.0 Å². The highest BCUT2D eigenvalue weighted by atomic mass is 16.5. The Morgan fingerprint density at radius 2 is 1.51 bits per heavy atom. The van der Waals surface area contributed by atoms with E-state index in [1.165, 1.54) is 61.2 Å². The molecule has 226 valence electrons. The number of ether oxygens (including phenoxy) is 1. The Kier molecular flexibility index (Phi) is 5.52. The lowest BCUT2D eigenvalue weighted by atomic mass is 9.73. The van der Waals surface area contributed by atoms with Crippen molar-refractivity contribution in [1.29, 1.82) is 0 Å². The van der Waals surface area contributed by atoms with Crippen molar-refractivity contribution < 1.29 is 4.74 Å². The fraction of sp³-hybridized carbons (Fsp3) is 0.136. The van der Waals surface area contributed by atoms with Crippen molar-refractivity contribution >= 4 is 22.1 Å². The molecule has 3 nitrogen and oxygen atoms in total. The number of nitrogens with zero attached hydrogens (tertiary/aromatic N) is 1. The van der Waals surface area contributed by atoms with Crippen molar-refractivity contribution in [2.24, 2.45) is 5.92 Å². The van der Waals surface area contributed by atoms with Crippen LogP contribution in [0.3, 0.4) is 0 Å².